The van der Waals surface area contributed by atoms with Crippen LogP contribution < -0.4 is 4.74 Å². The first-order valence-electron chi connectivity index (χ1n) is 5.29. The van der Waals surface area contributed by atoms with Crippen LogP contribution in [0.3, 0.4) is 0 Å². The second-order valence-electron chi connectivity index (χ2n) is 3.79. The van der Waals surface area contributed by atoms with E-state index < -0.39 is 5.82 Å². The summed E-state index contributed by atoms with van der Waals surface area (Å²) in [5, 5.41) is 0. The fourth-order valence-corrected chi connectivity index (χ4v) is 1.51. The van der Waals surface area contributed by atoms with E-state index >= 15 is 0 Å². The molecule has 88 valence electrons. The highest BCUT2D eigenvalue weighted by molar-refractivity contribution is 5.28. The number of hydrogen-bond donors (Lipinski definition) is 0. The summed E-state index contributed by atoms with van der Waals surface area (Å²) in [5.74, 6) is -0.555. The number of aryl methyl sites for hydroxylation is 1. The van der Waals surface area contributed by atoms with E-state index in [1.807, 2.05) is 6.92 Å². The van der Waals surface area contributed by atoms with Crippen molar-refractivity contribution in [3.63, 3.8) is 0 Å². The van der Waals surface area contributed by atoms with E-state index in [9.17, 15) is 8.78 Å². The van der Waals surface area contributed by atoms with Crippen molar-refractivity contribution in [3.8, 4) is 5.75 Å². The second-order valence-corrected chi connectivity index (χ2v) is 3.79. The Morgan fingerprint density at radius 3 is 2.59 bits per heavy atom. The van der Waals surface area contributed by atoms with Gasteiger partial charge in [-0.05, 0) is 42.3 Å². The van der Waals surface area contributed by atoms with Gasteiger partial charge in [-0.1, -0.05) is 18.2 Å². The van der Waals surface area contributed by atoms with Gasteiger partial charge >= 0.3 is 0 Å². The number of benzene rings is 2. The van der Waals surface area contributed by atoms with Crippen LogP contribution in [0.2, 0.25) is 0 Å². The smallest absolute Gasteiger partial charge is 0.165 e. The fourth-order valence-electron chi connectivity index (χ4n) is 1.51. The lowest BCUT2D eigenvalue weighted by molar-refractivity contribution is 0.289. The number of rotatable bonds is 3. The van der Waals surface area contributed by atoms with Crippen LogP contribution in [-0.2, 0) is 6.61 Å². The Kier molecular flexibility index (Phi) is 3.38. The van der Waals surface area contributed by atoms with Crippen molar-refractivity contribution in [2.45, 2.75) is 13.5 Å². The van der Waals surface area contributed by atoms with Gasteiger partial charge in [0.25, 0.3) is 0 Å². The Morgan fingerprint density at radius 2 is 1.82 bits per heavy atom. The molecule has 2 rings (SSSR count). The Hall–Kier alpha value is -1.90. The first-order valence-corrected chi connectivity index (χ1v) is 5.29. The van der Waals surface area contributed by atoms with Crippen LogP contribution in [0.25, 0.3) is 0 Å². The average Bonchev–Trinajstić information content (AvgIpc) is 2.32. The maximum Gasteiger partial charge on any atom is 0.165 e. The van der Waals surface area contributed by atoms with Gasteiger partial charge in [0.2, 0.25) is 0 Å². The Morgan fingerprint density at radius 1 is 1.06 bits per heavy atom. The summed E-state index contributed by atoms with van der Waals surface area (Å²) >= 11 is 0. The molecule has 3 heteroatoms. The number of para-hydroxylation sites is 1. The van der Waals surface area contributed by atoms with Gasteiger partial charge in [0, 0.05) is 0 Å². The van der Waals surface area contributed by atoms with E-state index in [1.165, 1.54) is 18.2 Å². The van der Waals surface area contributed by atoms with Crippen molar-refractivity contribution in [1.82, 2.24) is 0 Å². The van der Waals surface area contributed by atoms with E-state index in [0.29, 0.717) is 5.56 Å². The molecular weight excluding hydrogens is 222 g/mol. The SMILES string of the molecule is Cc1ccc(F)cc1COc1ccccc1F. The minimum atomic E-state index is -0.415. The molecule has 0 fully saturated rings. The van der Waals surface area contributed by atoms with Gasteiger partial charge in [-0.15, -0.1) is 0 Å². The minimum Gasteiger partial charge on any atom is -0.486 e. The molecular formula is C14H12F2O. The van der Waals surface area contributed by atoms with Crippen molar-refractivity contribution < 1.29 is 13.5 Å². The Bertz CT molecular complexity index is 523. The molecule has 17 heavy (non-hydrogen) atoms. The third-order valence-corrected chi connectivity index (χ3v) is 2.53. The van der Waals surface area contributed by atoms with Gasteiger partial charge in [-0.25, -0.2) is 8.78 Å². The molecule has 0 amide bonds. The predicted octanol–water partition coefficient (Wildman–Crippen LogP) is 3.85. The highest BCUT2D eigenvalue weighted by Crippen LogP contribution is 2.18. The highest BCUT2D eigenvalue weighted by Gasteiger charge is 2.04. The zero-order valence-corrected chi connectivity index (χ0v) is 9.41. The lowest BCUT2D eigenvalue weighted by Crippen LogP contribution is -2.00. The van der Waals surface area contributed by atoms with E-state index in [0.717, 1.165) is 5.56 Å². The van der Waals surface area contributed by atoms with Crippen LogP contribution >= 0.6 is 0 Å². The van der Waals surface area contributed by atoms with Gasteiger partial charge in [0.1, 0.15) is 12.4 Å². The highest BCUT2D eigenvalue weighted by atomic mass is 19.1. The van der Waals surface area contributed by atoms with Crippen LogP contribution in [-0.4, -0.2) is 0 Å². The molecule has 0 spiro atoms. The molecule has 0 saturated heterocycles. The van der Waals surface area contributed by atoms with E-state index in [4.69, 9.17) is 4.74 Å². The summed E-state index contributed by atoms with van der Waals surface area (Å²) in [4.78, 5) is 0. The van der Waals surface area contributed by atoms with Gasteiger partial charge in [-0.2, -0.15) is 0 Å². The van der Waals surface area contributed by atoms with Crippen molar-refractivity contribution in [2.75, 3.05) is 0 Å². The topological polar surface area (TPSA) is 9.23 Å². The molecule has 0 aliphatic heterocycles. The summed E-state index contributed by atoms with van der Waals surface area (Å²) in [6.07, 6.45) is 0. The van der Waals surface area contributed by atoms with Crippen LogP contribution in [0, 0.1) is 18.6 Å². The molecule has 0 aliphatic carbocycles. The van der Waals surface area contributed by atoms with Crippen LogP contribution in [0.5, 0.6) is 5.75 Å². The van der Waals surface area contributed by atoms with Gasteiger partial charge in [0.05, 0.1) is 0 Å². The zero-order valence-electron chi connectivity index (χ0n) is 9.41. The predicted molar refractivity (Wildman–Crippen MR) is 61.9 cm³/mol. The van der Waals surface area contributed by atoms with E-state index in [1.54, 1.807) is 24.3 Å². The number of hydrogen-bond acceptors (Lipinski definition) is 1. The Labute approximate surface area is 98.7 Å². The molecule has 2 aromatic rings. The minimum absolute atomic E-state index is 0.157. The van der Waals surface area contributed by atoms with Crippen LogP contribution in [0.4, 0.5) is 8.78 Å². The van der Waals surface area contributed by atoms with Crippen LogP contribution in [0.15, 0.2) is 42.5 Å². The van der Waals surface area contributed by atoms with E-state index in [-0.39, 0.29) is 18.2 Å². The summed E-state index contributed by atoms with van der Waals surface area (Å²) in [6.45, 7) is 2.02. The third-order valence-electron chi connectivity index (χ3n) is 2.53. The Balaban J connectivity index is 2.12. The third kappa shape index (κ3) is 2.81. The molecule has 2 aromatic carbocycles. The molecule has 0 radical (unpaired) electrons. The fraction of sp³-hybridized carbons (Fsp3) is 0.143. The van der Waals surface area contributed by atoms with E-state index in [2.05, 4.69) is 0 Å². The number of halogens is 2. The molecule has 1 nitrogen and oxygen atoms in total. The first kappa shape index (κ1) is 11.6. The van der Waals surface area contributed by atoms with Crippen LogP contribution in [0.1, 0.15) is 11.1 Å². The maximum atomic E-state index is 13.3. The van der Waals surface area contributed by atoms with Gasteiger partial charge in [0.15, 0.2) is 11.6 Å². The molecule has 0 aromatic heterocycles. The summed E-state index contributed by atoms with van der Waals surface area (Å²) in [5.41, 5.74) is 1.64. The van der Waals surface area contributed by atoms with Gasteiger partial charge < -0.3 is 4.74 Å². The zero-order chi connectivity index (χ0) is 12.3. The second kappa shape index (κ2) is 4.95. The lowest BCUT2D eigenvalue weighted by atomic mass is 10.1. The molecule has 0 aliphatic rings. The largest absolute Gasteiger partial charge is 0.486 e. The van der Waals surface area contributed by atoms with Crippen molar-refractivity contribution >= 4 is 0 Å². The van der Waals surface area contributed by atoms with Crippen molar-refractivity contribution in [1.29, 1.82) is 0 Å². The average molecular weight is 234 g/mol. The molecule has 0 heterocycles. The normalized spacial score (nSPS) is 10.3. The lowest BCUT2D eigenvalue weighted by Gasteiger charge is -2.09. The monoisotopic (exact) mass is 234 g/mol. The maximum absolute atomic E-state index is 13.3. The molecule has 0 N–H and O–H groups in total. The molecule has 0 unspecified atom stereocenters. The van der Waals surface area contributed by atoms with Crippen molar-refractivity contribution in [3.05, 3.63) is 65.2 Å². The first-order chi connectivity index (χ1) is 8.16. The van der Waals surface area contributed by atoms with Gasteiger partial charge in [-0.3, -0.25) is 0 Å². The quantitative estimate of drug-likeness (QED) is 0.783. The summed E-state index contributed by atoms with van der Waals surface area (Å²) < 4.78 is 31.6. The summed E-state index contributed by atoms with van der Waals surface area (Å²) in [6, 6.07) is 10.6. The molecule has 0 saturated carbocycles. The molecule has 0 atom stereocenters. The standard InChI is InChI=1S/C14H12F2O/c1-10-6-7-12(15)8-11(10)9-17-14-5-3-2-4-13(14)16/h2-8H,9H2,1H3. The molecule has 0 bridgehead atoms. The van der Waals surface area contributed by atoms with Crippen molar-refractivity contribution in [2.24, 2.45) is 0 Å². The summed E-state index contributed by atoms with van der Waals surface area (Å²) in [7, 11) is 0. The number of ether oxygens (including phenoxy) is 1.